The van der Waals surface area contributed by atoms with Crippen molar-refractivity contribution in [3.05, 3.63) is 23.2 Å². The summed E-state index contributed by atoms with van der Waals surface area (Å²) in [6.07, 6.45) is 4.88. The molecule has 3 heteroatoms. The third-order valence-electron chi connectivity index (χ3n) is 4.80. The first kappa shape index (κ1) is 14.2. The topological polar surface area (TPSA) is 28.4 Å². The Kier molecular flexibility index (Phi) is 3.67. The van der Waals surface area contributed by atoms with Crippen LogP contribution >= 0.6 is 0 Å². The molecule has 1 fully saturated rings. The summed E-state index contributed by atoms with van der Waals surface area (Å²) in [7, 11) is 2.23. The Morgan fingerprint density at radius 1 is 1.40 bits per heavy atom. The lowest BCUT2D eigenvalue weighted by Gasteiger charge is -2.39. The molecule has 2 heterocycles. The highest BCUT2D eigenvalue weighted by Gasteiger charge is 2.36. The van der Waals surface area contributed by atoms with E-state index in [-0.39, 0.29) is 0 Å². The van der Waals surface area contributed by atoms with Crippen LogP contribution in [0, 0.1) is 12.3 Å². The van der Waals surface area contributed by atoms with Crippen molar-refractivity contribution in [2.45, 2.75) is 58.5 Å². The molecule has 1 aliphatic heterocycles. The van der Waals surface area contributed by atoms with Crippen LogP contribution in [0.2, 0.25) is 0 Å². The number of nitrogens with one attached hydrogen (secondary N) is 1. The second-order valence-electron chi connectivity index (χ2n) is 7.60. The fourth-order valence-corrected chi connectivity index (χ4v) is 3.92. The first-order chi connectivity index (χ1) is 9.43. The van der Waals surface area contributed by atoms with Gasteiger partial charge in [0.1, 0.15) is 11.5 Å². The predicted molar refractivity (Wildman–Crippen MR) is 81.9 cm³/mol. The molecular weight excluding hydrogens is 248 g/mol. The van der Waals surface area contributed by atoms with Gasteiger partial charge in [0, 0.05) is 30.6 Å². The molecule has 0 saturated carbocycles. The molecule has 0 bridgehead atoms. The molecule has 1 aromatic rings. The lowest BCUT2D eigenvalue weighted by molar-refractivity contribution is 0.182. The van der Waals surface area contributed by atoms with Gasteiger partial charge in [-0.05, 0) is 51.3 Å². The molecule has 0 amide bonds. The van der Waals surface area contributed by atoms with Gasteiger partial charge in [-0.15, -0.1) is 0 Å². The second kappa shape index (κ2) is 5.19. The van der Waals surface area contributed by atoms with E-state index in [2.05, 4.69) is 44.1 Å². The van der Waals surface area contributed by atoms with E-state index in [1.165, 1.54) is 43.7 Å². The number of likely N-dealkylation sites (N-methyl/N-ethyl adjacent to an activating group) is 1. The number of furan rings is 1. The largest absolute Gasteiger partial charge is 0.466 e. The molecule has 2 atom stereocenters. The summed E-state index contributed by atoms with van der Waals surface area (Å²) in [6.45, 7) is 9.19. The van der Waals surface area contributed by atoms with Gasteiger partial charge in [0.25, 0.3) is 0 Å². The average molecular weight is 276 g/mol. The van der Waals surface area contributed by atoms with E-state index in [4.69, 9.17) is 4.42 Å². The third-order valence-corrected chi connectivity index (χ3v) is 4.80. The maximum Gasteiger partial charge on any atom is 0.109 e. The molecule has 0 aromatic carbocycles. The van der Waals surface area contributed by atoms with Crippen molar-refractivity contribution >= 4 is 0 Å². The van der Waals surface area contributed by atoms with E-state index in [1.54, 1.807) is 0 Å². The molecule has 3 rings (SSSR count). The van der Waals surface area contributed by atoms with E-state index in [0.29, 0.717) is 17.5 Å². The normalized spacial score (nSPS) is 30.2. The number of hydrogen-bond donors (Lipinski definition) is 1. The van der Waals surface area contributed by atoms with Crippen molar-refractivity contribution in [3.8, 4) is 0 Å². The number of nitrogens with zero attached hydrogens (tertiary/aromatic N) is 1. The Hall–Kier alpha value is -0.800. The van der Waals surface area contributed by atoms with Gasteiger partial charge in [0.05, 0.1) is 0 Å². The number of rotatable bonds is 2. The standard InChI is InChI=1S/C17H28N2O/c1-12-8-14-15(9-17(2,3)10-16(14)20-12)18-13-6-5-7-19(4)11-13/h8,13,15,18H,5-7,9-11H2,1-4H3. The molecule has 3 nitrogen and oxygen atoms in total. The highest BCUT2D eigenvalue weighted by Crippen LogP contribution is 2.42. The van der Waals surface area contributed by atoms with E-state index in [0.717, 1.165) is 12.2 Å². The highest BCUT2D eigenvalue weighted by molar-refractivity contribution is 5.29. The van der Waals surface area contributed by atoms with E-state index < -0.39 is 0 Å². The minimum absolute atomic E-state index is 0.329. The fourth-order valence-electron chi connectivity index (χ4n) is 3.92. The fraction of sp³-hybridized carbons (Fsp3) is 0.765. The molecule has 1 N–H and O–H groups in total. The smallest absolute Gasteiger partial charge is 0.109 e. The summed E-state index contributed by atoms with van der Waals surface area (Å²) in [5, 5.41) is 3.91. The molecule has 112 valence electrons. The molecular formula is C17H28N2O. The van der Waals surface area contributed by atoms with Gasteiger partial charge in [0.15, 0.2) is 0 Å². The number of piperidine rings is 1. The van der Waals surface area contributed by atoms with Crippen LogP contribution in [-0.2, 0) is 6.42 Å². The Bertz CT molecular complexity index is 477. The lowest BCUT2D eigenvalue weighted by Crippen LogP contribution is -2.46. The highest BCUT2D eigenvalue weighted by atomic mass is 16.3. The summed E-state index contributed by atoms with van der Waals surface area (Å²) in [5.41, 5.74) is 1.74. The quantitative estimate of drug-likeness (QED) is 0.898. The zero-order chi connectivity index (χ0) is 14.3. The van der Waals surface area contributed by atoms with Crippen molar-refractivity contribution in [2.24, 2.45) is 5.41 Å². The lowest BCUT2D eigenvalue weighted by atomic mass is 9.74. The monoisotopic (exact) mass is 276 g/mol. The zero-order valence-electron chi connectivity index (χ0n) is 13.3. The van der Waals surface area contributed by atoms with Crippen LogP contribution in [0.25, 0.3) is 0 Å². The second-order valence-corrected chi connectivity index (χ2v) is 7.60. The Morgan fingerprint density at radius 3 is 2.95 bits per heavy atom. The molecule has 1 saturated heterocycles. The number of likely N-dealkylation sites (tertiary alicyclic amines) is 1. The predicted octanol–water partition coefficient (Wildman–Crippen LogP) is 3.29. The average Bonchev–Trinajstić information content (AvgIpc) is 2.68. The minimum Gasteiger partial charge on any atom is -0.466 e. The summed E-state index contributed by atoms with van der Waals surface area (Å²) in [6, 6.07) is 3.33. The maximum absolute atomic E-state index is 5.93. The summed E-state index contributed by atoms with van der Waals surface area (Å²) in [4.78, 5) is 2.44. The molecule has 20 heavy (non-hydrogen) atoms. The summed E-state index contributed by atoms with van der Waals surface area (Å²) < 4.78 is 5.93. The van der Waals surface area contributed by atoms with E-state index in [9.17, 15) is 0 Å². The third kappa shape index (κ3) is 2.94. The van der Waals surface area contributed by atoms with Crippen molar-refractivity contribution in [1.29, 1.82) is 0 Å². The van der Waals surface area contributed by atoms with Crippen LogP contribution in [0.15, 0.2) is 10.5 Å². The SMILES string of the molecule is Cc1cc2c(o1)CC(C)(C)CC2NC1CCCN(C)C1. The Balaban J connectivity index is 1.78. The summed E-state index contributed by atoms with van der Waals surface area (Å²) in [5.74, 6) is 2.26. The maximum atomic E-state index is 5.93. The Morgan fingerprint density at radius 2 is 2.20 bits per heavy atom. The van der Waals surface area contributed by atoms with Gasteiger partial charge >= 0.3 is 0 Å². The number of hydrogen-bond acceptors (Lipinski definition) is 3. The molecule has 0 spiro atoms. The van der Waals surface area contributed by atoms with Crippen molar-refractivity contribution in [1.82, 2.24) is 10.2 Å². The van der Waals surface area contributed by atoms with E-state index in [1.807, 2.05) is 0 Å². The molecule has 2 aliphatic rings. The number of aryl methyl sites for hydroxylation is 1. The summed E-state index contributed by atoms with van der Waals surface area (Å²) >= 11 is 0. The van der Waals surface area contributed by atoms with Crippen molar-refractivity contribution < 1.29 is 4.42 Å². The Labute approximate surface area is 122 Å². The molecule has 0 radical (unpaired) electrons. The number of fused-ring (bicyclic) bond motifs is 1. The van der Waals surface area contributed by atoms with Crippen LogP contribution in [0.1, 0.15) is 56.2 Å². The van der Waals surface area contributed by atoms with Crippen LogP contribution in [0.3, 0.4) is 0 Å². The van der Waals surface area contributed by atoms with Gasteiger partial charge in [-0.25, -0.2) is 0 Å². The molecule has 2 unspecified atom stereocenters. The van der Waals surface area contributed by atoms with Crippen molar-refractivity contribution in [3.63, 3.8) is 0 Å². The van der Waals surface area contributed by atoms with Gasteiger partial charge in [-0.2, -0.15) is 0 Å². The molecule has 1 aliphatic carbocycles. The van der Waals surface area contributed by atoms with Crippen LogP contribution in [0.4, 0.5) is 0 Å². The van der Waals surface area contributed by atoms with Crippen LogP contribution in [-0.4, -0.2) is 31.1 Å². The van der Waals surface area contributed by atoms with Gasteiger partial charge < -0.3 is 14.6 Å². The zero-order valence-corrected chi connectivity index (χ0v) is 13.3. The van der Waals surface area contributed by atoms with Gasteiger partial charge in [-0.1, -0.05) is 13.8 Å². The first-order valence-electron chi connectivity index (χ1n) is 7.97. The molecule has 1 aromatic heterocycles. The van der Waals surface area contributed by atoms with Gasteiger partial charge in [-0.3, -0.25) is 0 Å². The van der Waals surface area contributed by atoms with Gasteiger partial charge in [0.2, 0.25) is 0 Å². The minimum atomic E-state index is 0.329. The first-order valence-corrected chi connectivity index (χ1v) is 7.97. The van der Waals surface area contributed by atoms with Crippen LogP contribution in [0.5, 0.6) is 0 Å². The van der Waals surface area contributed by atoms with Crippen LogP contribution < -0.4 is 5.32 Å². The van der Waals surface area contributed by atoms with E-state index >= 15 is 0 Å². The van der Waals surface area contributed by atoms with Crippen molar-refractivity contribution in [2.75, 3.05) is 20.1 Å².